The Morgan fingerprint density at radius 3 is 2.41 bits per heavy atom. The van der Waals surface area contributed by atoms with E-state index in [2.05, 4.69) is 22.8 Å². The van der Waals surface area contributed by atoms with E-state index in [4.69, 9.17) is 12.2 Å². The zero-order valence-electron chi connectivity index (χ0n) is 21.7. The molecule has 2 aliphatic heterocycles. The first-order chi connectivity index (χ1) is 17.9. The Labute approximate surface area is 228 Å². The van der Waals surface area contributed by atoms with E-state index in [1.165, 1.54) is 11.8 Å². The highest BCUT2D eigenvalue weighted by atomic mass is 32.2. The molecule has 2 aliphatic rings. The topological polar surface area (TPSA) is 72.6 Å². The molecule has 194 valence electrons. The number of hydrogen-bond acceptors (Lipinski definition) is 7. The number of nitrogens with zero attached hydrogens (tertiary/aromatic N) is 5. The molecule has 4 rings (SSSR count). The zero-order valence-corrected chi connectivity index (χ0v) is 23.3. The lowest BCUT2D eigenvalue weighted by molar-refractivity contribution is -0.122. The first kappa shape index (κ1) is 27.1. The Morgan fingerprint density at radius 2 is 1.78 bits per heavy atom. The van der Waals surface area contributed by atoms with Crippen molar-refractivity contribution >= 4 is 46.1 Å². The number of likely N-dealkylation sites (N-methyl/N-ethyl adjacent to an activating group) is 1. The number of carbonyl (C=O) groups excluding carboxylic acids is 1. The van der Waals surface area contributed by atoms with Gasteiger partial charge in [0.25, 0.3) is 11.5 Å². The Hall–Kier alpha value is -2.93. The minimum absolute atomic E-state index is 0.126. The van der Waals surface area contributed by atoms with Gasteiger partial charge in [0.2, 0.25) is 0 Å². The number of piperazine rings is 1. The average Bonchev–Trinajstić information content (AvgIpc) is 3.18. The summed E-state index contributed by atoms with van der Waals surface area (Å²) in [6.45, 7) is 11.3. The summed E-state index contributed by atoms with van der Waals surface area (Å²) in [5.74, 6) is 0.674. The van der Waals surface area contributed by atoms with Gasteiger partial charge in [0.05, 0.1) is 4.91 Å². The van der Waals surface area contributed by atoms with Gasteiger partial charge >= 0.3 is 0 Å². The minimum atomic E-state index is -0.262. The van der Waals surface area contributed by atoms with Crippen LogP contribution < -0.4 is 10.5 Å². The fraction of sp³-hybridized carbons (Fsp3) is 0.429. The summed E-state index contributed by atoms with van der Waals surface area (Å²) in [5, 5.41) is 9.85. The molecule has 7 nitrogen and oxygen atoms in total. The molecule has 1 amide bonds. The average molecular weight is 536 g/mol. The number of anilines is 1. The molecule has 2 aromatic rings. The van der Waals surface area contributed by atoms with Crippen molar-refractivity contribution < 1.29 is 4.79 Å². The van der Waals surface area contributed by atoms with Crippen LogP contribution in [0.15, 0.2) is 40.0 Å². The minimum Gasteiger partial charge on any atom is -0.355 e. The van der Waals surface area contributed by atoms with Gasteiger partial charge in [-0.25, -0.2) is 0 Å². The van der Waals surface area contributed by atoms with Crippen LogP contribution in [0.25, 0.3) is 6.08 Å². The van der Waals surface area contributed by atoms with E-state index in [-0.39, 0.29) is 17.0 Å². The molecule has 0 atom stereocenters. The molecule has 9 heteroatoms. The van der Waals surface area contributed by atoms with Crippen LogP contribution in [-0.2, 0) is 17.8 Å². The van der Waals surface area contributed by atoms with E-state index in [0.717, 1.165) is 56.1 Å². The van der Waals surface area contributed by atoms with E-state index in [1.807, 2.05) is 50.3 Å². The SMILES string of the molecule is CCCn1c(N2CCN(CC)CC2)c(C=C2SC(=S)N(CCc3ccccc3)C2=O)c(C)c(C#N)c1=O. The molecule has 1 aromatic heterocycles. The number of thioether (sulfide) groups is 1. The van der Waals surface area contributed by atoms with Crippen LogP contribution in [0, 0.1) is 18.3 Å². The second kappa shape index (κ2) is 12.1. The second-order valence-electron chi connectivity index (χ2n) is 9.30. The Morgan fingerprint density at radius 1 is 1.08 bits per heavy atom. The summed E-state index contributed by atoms with van der Waals surface area (Å²) in [6.07, 6.45) is 3.33. The normalized spacial score (nSPS) is 17.6. The Kier molecular flexibility index (Phi) is 8.85. The number of amides is 1. The summed E-state index contributed by atoms with van der Waals surface area (Å²) in [7, 11) is 0. The van der Waals surface area contributed by atoms with Crippen LogP contribution in [-0.4, -0.2) is 63.9 Å². The molecule has 0 aliphatic carbocycles. The lowest BCUT2D eigenvalue weighted by Gasteiger charge is -2.37. The van der Waals surface area contributed by atoms with Gasteiger partial charge in [-0.2, -0.15) is 5.26 Å². The highest BCUT2D eigenvalue weighted by Crippen LogP contribution is 2.36. The molecular weight excluding hydrogens is 502 g/mol. The Bertz CT molecular complexity index is 1300. The molecule has 0 N–H and O–H groups in total. The third-order valence-electron chi connectivity index (χ3n) is 7.03. The maximum absolute atomic E-state index is 13.4. The monoisotopic (exact) mass is 535 g/mol. The number of rotatable bonds is 8. The molecule has 0 saturated carbocycles. The maximum atomic E-state index is 13.4. The number of pyridine rings is 1. The number of hydrogen-bond donors (Lipinski definition) is 0. The molecular formula is C28H33N5O2S2. The van der Waals surface area contributed by atoms with Gasteiger partial charge in [0, 0.05) is 44.8 Å². The van der Waals surface area contributed by atoms with Crippen molar-refractivity contribution in [3.8, 4) is 6.07 Å². The fourth-order valence-electron chi connectivity index (χ4n) is 4.90. The number of carbonyl (C=O) groups is 1. The molecule has 37 heavy (non-hydrogen) atoms. The first-order valence-electron chi connectivity index (χ1n) is 12.8. The van der Waals surface area contributed by atoms with Crippen LogP contribution >= 0.6 is 24.0 Å². The van der Waals surface area contributed by atoms with E-state index in [9.17, 15) is 14.9 Å². The Balaban J connectivity index is 1.74. The molecule has 3 heterocycles. The lowest BCUT2D eigenvalue weighted by atomic mass is 10.0. The molecule has 1 aromatic carbocycles. The van der Waals surface area contributed by atoms with E-state index in [1.54, 1.807) is 9.47 Å². The van der Waals surface area contributed by atoms with Crippen LogP contribution in [0.5, 0.6) is 0 Å². The van der Waals surface area contributed by atoms with Crippen LogP contribution in [0.2, 0.25) is 0 Å². The van der Waals surface area contributed by atoms with Crippen LogP contribution in [0.1, 0.15) is 42.5 Å². The predicted molar refractivity (Wildman–Crippen MR) is 155 cm³/mol. The number of benzene rings is 1. The van der Waals surface area contributed by atoms with E-state index in [0.29, 0.717) is 34.3 Å². The third-order valence-corrected chi connectivity index (χ3v) is 8.41. The van der Waals surface area contributed by atoms with Crippen LogP contribution in [0.4, 0.5) is 5.82 Å². The molecule has 2 saturated heterocycles. The van der Waals surface area contributed by atoms with E-state index < -0.39 is 0 Å². The van der Waals surface area contributed by atoms with Crippen LogP contribution in [0.3, 0.4) is 0 Å². The summed E-state index contributed by atoms with van der Waals surface area (Å²) in [5.41, 5.74) is 2.40. The quantitative estimate of drug-likeness (QED) is 0.373. The summed E-state index contributed by atoms with van der Waals surface area (Å²) >= 11 is 6.87. The maximum Gasteiger partial charge on any atom is 0.270 e. The number of thiocarbonyl (C=S) groups is 1. The number of nitriles is 1. The van der Waals surface area contributed by atoms with Gasteiger partial charge in [-0.15, -0.1) is 0 Å². The largest absolute Gasteiger partial charge is 0.355 e. The lowest BCUT2D eigenvalue weighted by Crippen LogP contribution is -2.48. The highest BCUT2D eigenvalue weighted by Gasteiger charge is 2.33. The van der Waals surface area contributed by atoms with Gasteiger partial charge in [-0.1, -0.05) is 68.2 Å². The van der Waals surface area contributed by atoms with Crippen molar-refractivity contribution in [2.24, 2.45) is 0 Å². The molecule has 2 fully saturated rings. The van der Waals surface area contributed by atoms with Gasteiger partial charge in [-0.3, -0.25) is 19.1 Å². The molecule has 0 unspecified atom stereocenters. The van der Waals surface area contributed by atoms with Gasteiger partial charge < -0.3 is 9.80 Å². The highest BCUT2D eigenvalue weighted by molar-refractivity contribution is 8.26. The predicted octanol–water partition coefficient (Wildman–Crippen LogP) is 4.02. The molecule has 0 spiro atoms. The van der Waals surface area contributed by atoms with Crippen molar-refractivity contribution in [2.75, 3.05) is 44.2 Å². The first-order valence-corrected chi connectivity index (χ1v) is 14.1. The summed E-state index contributed by atoms with van der Waals surface area (Å²) in [4.78, 5) is 33.6. The summed E-state index contributed by atoms with van der Waals surface area (Å²) < 4.78 is 2.26. The van der Waals surface area contributed by atoms with E-state index >= 15 is 0 Å². The van der Waals surface area contributed by atoms with Crippen molar-refractivity contribution in [1.29, 1.82) is 5.26 Å². The molecule has 0 radical (unpaired) electrons. The number of aromatic nitrogens is 1. The van der Waals surface area contributed by atoms with Crippen molar-refractivity contribution in [3.05, 3.63) is 67.8 Å². The van der Waals surface area contributed by atoms with Crippen molar-refractivity contribution in [2.45, 2.75) is 40.2 Å². The van der Waals surface area contributed by atoms with Gasteiger partial charge in [0.1, 0.15) is 21.8 Å². The second-order valence-corrected chi connectivity index (χ2v) is 11.0. The fourth-order valence-corrected chi connectivity index (χ4v) is 6.19. The van der Waals surface area contributed by atoms with Gasteiger partial charge in [-0.05, 0) is 43.5 Å². The van der Waals surface area contributed by atoms with Gasteiger partial charge in [0.15, 0.2) is 0 Å². The zero-order chi connectivity index (χ0) is 26.5. The standard InChI is InChI=1S/C28H33N5O2S2/c1-4-12-32-25(31-16-14-30(5-2)15-17-31)22(20(3)23(19-29)26(32)34)18-24-27(35)33(28(36)37-24)13-11-21-9-7-6-8-10-21/h6-10,18H,4-5,11-17H2,1-3H3. The smallest absolute Gasteiger partial charge is 0.270 e. The molecule has 0 bridgehead atoms. The van der Waals surface area contributed by atoms with Crippen molar-refractivity contribution in [3.63, 3.8) is 0 Å². The van der Waals surface area contributed by atoms with Crippen molar-refractivity contribution in [1.82, 2.24) is 14.4 Å². The third kappa shape index (κ3) is 5.66. The summed E-state index contributed by atoms with van der Waals surface area (Å²) in [6, 6.07) is 12.2.